The topological polar surface area (TPSA) is 3.24 Å². The maximum atomic E-state index is 4.37. The molecular weight excluding hydrogens is 242 g/mol. The van der Waals surface area contributed by atoms with E-state index in [-0.39, 0.29) is 0 Å². The molecule has 1 saturated heterocycles. The molecule has 0 saturated carbocycles. The number of fused-ring (bicyclic) bond motifs is 1. The standard InChI is InChI=1S/C19H29N/c1-5-7-9-10-17-12-13-20-16(4)18(11-8-6-2)15(3)14-19(17)20/h6,8,14,17H,4-5,7,9-13H2,1-3H3/b8-6-. The molecule has 110 valence electrons. The number of allylic oxidation sites excluding steroid dienone is 6. The van der Waals surface area contributed by atoms with Gasteiger partial charge in [-0.2, -0.15) is 0 Å². The van der Waals surface area contributed by atoms with Crippen molar-refractivity contribution in [3.05, 3.63) is 47.3 Å². The predicted molar refractivity (Wildman–Crippen MR) is 88.3 cm³/mol. The largest absolute Gasteiger partial charge is 0.345 e. The van der Waals surface area contributed by atoms with E-state index in [4.69, 9.17) is 0 Å². The van der Waals surface area contributed by atoms with E-state index in [2.05, 4.69) is 50.5 Å². The lowest BCUT2D eigenvalue weighted by molar-refractivity contribution is 0.474. The zero-order valence-electron chi connectivity index (χ0n) is 13.4. The van der Waals surface area contributed by atoms with Gasteiger partial charge in [0, 0.05) is 23.9 Å². The molecule has 2 heterocycles. The predicted octanol–water partition coefficient (Wildman–Crippen LogP) is 5.58. The second-order valence-corrected chi connectivity index (χ2v) is 6.08. The van der Waals surface area contributed by atoms with Gasteiger partial charge >= 0.3 is 0 Å². The van der Waals surface area contributed by atoms with Gasteiger partial charge in [0.25, 0.3) is 0 Å². The molecule has 1 nitrogen and oxygen atoms in total. The molecule has 0 aromatic heterocycles. The smallest absolute Gasteiger partial charge is 0.0373 e. The van der Waals surface area contributed by atoms with Crippen LogP contribution >= 0.6 is 0 Å². The quantitative estimate of drug-likeness (QED) is 0.450. The lowest BCUT2D eigenvalue weighted by Gasteiger charge is -2.31. The summed E-state index contributed by atoms with van der Waals surface area (Å²) in [7, 11) is 0. The number of unbranched alkanes of at least 4 members (excludes halogenated alkanes) is 2. The molecule has 0 aromatic carbocycles. The molecule has 1 unspecified atom stereocenters. The molecule has 0 aromatic rings. The Morgan fingerprint density at radius 2 is 2.20 bits per heavy atom. The van der Waals surface area contributed by atoms with Crippen LogP contribution in [-0.4, -0.2) is 11.4 Å². The van der Waals surface area contributed by atoms with Crippen LogP contribution in [0.15, 0.2) is 47.3 Å². The fraction of sp³-hybridized carbons (Fsp3) is 0.579. The van der Waals surface area contributed by atoms with Gasteiger partial charge in [0.2, 0.25) is 0 Å². The zero-order valence-corrected chi connectivity index (χ0v) is 13.4. The normalized spacial score (nSPS) is 22.8. The summed E-state index contributed by atoms with van der Waals surface area (Å²) < 4.78 is 0. The van der Waals surface area contributed by atoms with Crippen molar-refractivity contribution in [3.63, 3.8) is 0 Å². The van der Waals surface area contributed by atoms with Crippen LogP contribution in [0.25, 0.3) is 0 Å². The summed E-state index contributed by atoms with van der Waals surface area (Å²) in [5, 5.41) is 0. The first kappa shape index (κ1) is 15.2. The van der Waals surface area contributed by atoms with Gasteiger partial charge in [-0.25, -0.2) is 0 Å². The summed E-state index contributed by atoms with van der Waals surface area (Å²) in [6.45, 7) is 12.1. The summed E-state index contributed by atoms with van der Waals surface area (Å²) in [4.78, 5) is 2.47. The molecule has 0 radical (unpaired) electrons. The van der Waals surface area contributed by atoms with Crippen LogP contribution in [0.1, 0.15) is 59.3 Å². The molecule has 2 aliphatic rings. The Kier molecular flexibility index (Phi) is 5.28. The Labute approximate surface area is 124 Å². The van der Waals surface area contributed by atoms with Crippen LogP contribution in [0.4, 0.5) is 0 Å². The van der Waals surface area contributed by atoms with Gasteiger partial charge in [-0.3, -0.25) is 0 Å². The van der Waals surface area contributed by atoms with Crippen molar-refractivity contribution in [3.8, 4) is 0 Å². The molecule has 20 heavy (non-hydrogen) atoms. The molecule has 2 aliphatic heterocycles. The third kappa shape index (κ3) is 3.08. The van der Waals surface area contributed by atoms with Gasteiger partial charge in [0.05, 0.1) is 0 Å². The van der Waals surface area contributed by atoms with Crippen molar-refractivity contribution >= 4 is 0 Å². The molecule has 1 atom stereocenters. The highest BCUT2D eigenvalue weighted by Crippen LogP contribution is 2.41. The summed E-state index contributed by atoms with van der Waals surface area (Å²) >= 11 is 0. The van der Waals surface area contributed by atoms with Gasteiger partial charge in [0.15, 0.2) is 0 Å². The lowest BCUT2D eigenvalue weighted by Crippen LogP contribution is -2.22. The first-order chi connectivity index (χ1) is 9.69. The van der Waals surface area contributed by atoms with Crippen LogP contribution in [0.3, 0.4) is 0 Å². The van der Waals surface area contributed by atoms with E-state index in [9.17, 15) is 0 Å². The summed E-state index contributed by atoms with van der Waals surface area (Å²) in [5.41, 5.74) is 5.62. The minimum atomic E-state index is 0.761. The highest BCUT2D eigenvalue weighted by molar-refractivity contribution is 5.47. The lowest BCUT2D eigenvalue weighted by atomic mass is 9.92. The first-order valence-corrected chi connectivity index (χ1v) is 8.18. The first-order valence-electron chi connectivity index (χ1n) is 8.18. The number of rotatable bonds is 6. The van der Waals surface area contributed by atoms with Crippen molar-refractivity contribution in [1.82, 2.24) is 4.90 Å². The minimum Gasteiger partial charge on any atom is -0.345 e. The fourth-order valence-corrected chi connectivity index (χ4v) is 3.42. The van der Waals surface area contributed by atoms with E-state index in [1.807, 2.05) is 0 Å². The van der Waals surface area contributed by atoms with E-state index in [1.165, 1.54) is 54.6 Å². The molecule has 0 aliphatic carbocycles. The van der Waals surface area contributed by atoms with Gasteiger partial charge in [-0.1, -0.05) is 44.9 Å². The van der Waals surface area contributed by atoms with Crippen molar-refractivity contribution < 1.29 is 0 Å². The van der Waals surface area contributed by atoms with Crippen LogP contribution in [0, 0.1) is 5.92 Å². The van der Waals surface area contributed by atoms with Crippen LogP contribution in [0.2, 0.25) is 0 Å². The van der Waals surface area contributed by atoms with Gasteiger partial charge < -0.3 is 4.90 Å². The second kappa shape index (κ2) is 6.97. The van der Waals surface area contributed by atoms with Crippen molar-refractivity contribution in [2.45, 2.75) is 59.3 Å². The average Bonchev–Trinajstić information content (AvgIpc) is 2.82. The third-order valence-electron chi connectivity index (χ3n) is 4.66. The van der Waals surface area contributed by atoms with E-state index >= 15 is 0 Å². The van der Waals surface area contributed by atoms with Crippen molar-refractivity contribution in [2.75, 3.05) is 6.54 Å². The Bertz CT molecular complexity index is 450. The fourth-order valence-electron chi connectivity index (χ4n) is 3.42. The van der Waals surface area contributed by atoms with Gasteiger partial charge in [-0.15, -0.1) is 0 Å². The van der Waals surface area contributed by atoms with E-state index in [0.717, 1.165) is 18.9 Å². The maximum absolute atomic E-state index is 4.37. The molecule has 0 bridgehead atoms. The molecule has 0 N–H and O–H groups in total. The Morgan fingerprint density at radius 1 is 1.40 bits per heavy atom. The van der Waals surface area contributed by atoms with E-state index in [1.54, 1.807) is 0 Å². The van der Waals surface area contributed by atoms with Gasteiger partial charge in [0.1, 0.15) is 0 Å². The summed E-state index contributed by atoms with van der Waals surface area (Å²) in [6, 6.07) is 0. The highest BCUT2D eigenvalue weighted by Gasteiger charge is 2.32. The monoisotopic (exact) mass is 271 g/mol. The highest BCUT2D eigenvalue weighted by atomic mass is 15.2. The SMILES string of the molecule is C=C1C(C/C=C\C)=C(C)C=C2C(CCCCC)CCN12. The molecule has 1 heteroatoms. The molecule has 1 fully saturated rings. The number of hydrogen-bond donors (Lipinski definition) is 0. The second-order valence-electron chi connectivity index (χ2n) is 6.08. The number of hydrogen-bond acceptors (Lipinski definition) is 1. The van der Waals surface area contributed by atoms with Crippen LogP contribution in [-0.2, 0) is 0 Å². The van der Waals surface area contributed by atoms with Crippen molar-refractivity contribution in [1.29, 1.82) is 0 Å². The van der Waals surface area contributed by atoms with Crippen LogP contribution < -0.4 is 0 Å². The summed E-state index contributed by atoms with van der Waals surface area (Å²) in [6.07, 6.45) is 14.5. The zero-order chi connectivity index (χ0) is 14.5. The molecular formula is C19H29N. The molecule has 2 rings (SSSR count). The molecule has 0 spiro atoms. The minimum absolute atomic E-state index is 0.761. The average molecular weight is 271 g/mol. The van der Waals surface area contributed by atoms with E-state index < -0.39 is 0 Å². The number of nitrogens with zero attached hydrogens (tertiary/aromatic N) is 1. The van der Waals surface area contributed by atoms with E-state index in [0.29, 0.717) is 0 Å². The Balaban J connectivity index is 2.13. The summed E-state index contributed by atoms with van der Waals surface area (Å²) in [5.74, 6) is 0.761. The van der Waals surface area contributed by atoms with Gasteiger partial charge in [-0.05, 0) is 50.3 Å². The Morgan fingerprint density at radius 3 is 2.90 bits per heavy atom. The molecule has 0 amide bonds. The Hall–Kier alpha value is -1.24. The van der Waals surface area contributed by atoms with Crippen molar-refractivity contribution in [2.24, 2.45) is 5.92 Å². The third-order valence-corrected chi connectivity index (χ3v) is 4.66. The van der Waals surface area contributed by atoms with Crippen LogP contribution in [0.5, 0.6) is 0 Å². The maximum Gasteiger partial charge on any atom is 0.0373 e.